The predicted octanol–water partition coefficient (Wildman–Crippen LogP) is 2.49. The number of halogens is 1. The molecule has 3 atom stereocenters. The molecule has 1 saturated heterocycles. The summed E-state index contributed by atoms with van der Waals surface area (Å²) >= 11 is 0. The molecule has 7 heteroatoms. The van der Waals surface area contributed by atoms with Gasteiger partial charge in [0, 0.05) is 5.92 Å². The summed E-state index contributed by atoms with van der Waals surface area (Å²) in [4.78, 5) is 0. The van der Waals surface area contributed by atoms with Crippen molar-refractivity contribution < 1.29 is 17.9 Å². The summed E-state index contributed by atoms with van der Waals surface area (Å²) in [5.74, 6) is -0.837. The molecular weight excluding hydrogens is 355 g/mol. The molecule has 0 radical (unpaired) electrons. The summed E-state index contributed by atoms with van der Waals surface area (Å²) in [6.07, 6.45) is 0. The minimum absolute atomic E-state index is 0.118. The summed E-state index contributed by atoms with van der Waals surface area (Å²) in [5, 5.41) is 19.1. The Bertz CT molecular complexity index is 938. The molecule has 136 valence electrons. The van der Waals surface area contributed by atoms with Crippen molar-refractivity contribution >= 4 is 10.0 Å². The van der Waals surface area contributed by atoms with Crippen LogP contribution in [0.15, 0.2) is 48.5 Å². The molecule has 2 aromatic rings. The average Bonchev–Trinajstić information content (AvgIpc) is 2.62. The van der Waals surface area contributed by atoms with Crippen molar-refractivity contribution in [2.45, 2.75) is 24.9 Å². The molecule has 26 heavy (non-hydrogen) atoms. The molecule has 0 spiro atoms. The van der Waals surface area contributed by atoms with Crippen molar-refractivity contribution in [2.75, 3.05) is 12.4 Å². The van der Waals surface area contributed by atoms with Gasteiger partial charge in [-0.2, -0.15) is 9.57 Å². The van der Waals surface area contributed by atoms with Crippen molar-refractivity contribution in [2.24, 2.45) is 0 Å². The second kappa shape index (κ2) is 7.16. The number of hydrogen-bond acceptors (Lipinski definition) is 4. The SMILES string of the molecule is CCS(=O)(=O)N1[C@H](CO)[C@H](c2ccc(-c3cccc(F)c3)cc2)[C@@H]1C#N. The Morgan fingerprint density at radius 3 is 2.42 bits per heavy atom. The van der Waals surface area contributed by atoms with E-state index in [9.17, 15) is 23.2 Å². The molecule has 3 rings (SSSR count). The summed E-state index contributed by atoms with van der Waals surface area (Å²) in [5.41, 5.74) is 2.33. The van der Waals surface area contributed by atoms with Gasteiger partial charge in [-0.25, -0.2) is 12.8 Å². The number of nitriles is 1. The maximum Gasteiger partial charge on any atom is 0.215 e. The molecule has 1 aliphatic heterocycles. The lowest BCUT2D eigenvalue weighted by Crippen LogP contribution is -2.65. The second-order valence-electron chi connectivity index (χ2n) is 6.21. The summed E-state index contributed by atoms with van der Waals surface area (Å²) in [6.45, 7) is 1.16. The highest BCUT2D eigenvalue weighted by atomic mass is 32.2. The second-order valence-corrected chi connectivity index (χ2v) is 8.38. The minimum atomic E-state index is -3.57. The number of aliphatic hydroxyl groups excluding tert-OH is 1. The molecule has 2 aromatic carbocycles. The monoisotopic (exact) mass is 374 g/mol. The van der Waals surface area contributed by atoms with Crippen molar-refractivity contribution in [1.29, 1.82) is 5.26 Å². The van der Waals surface area contributed by atoms with Crippen LogP contribution in [0.1, 0.15) is 18.4 Å². The summed E-state index contributed by atoms with van der Waals surface area (Å²) in [6, 6.07) is 14.0. The number of rotatable bonds is 5. The molecule has 0 saturated carbocycles. The number of benzene rings is 2. The standard InChI is InChI=1S/C19H19FN2O3S/c1-2-26(24,25)22-17(11-21)19(18(22)12-23)14-8-6-13(7-9-14)15-4-3-5-16(20)10-15/h3-10,17-19,23H,2,12H2,1H3/t17-,18+,19+/m0/s1. The first-order chi connectivity index (χ1) is 12.4. The molecule has 1 N–H and O–H groups in total. The van der Waals surface area contributed by atoms with E-state index in [0.717, 1.165) is 21.0 Å². The van der Waals surface area contributed by atoms with Crippen LogP contribution in [0.5, 0.6) is 0 Å². The van der Waals surface area contributed by atoms with E-state index in [1.807, 2.05) is 18.2 Å². The topological polar surface area (TPSA) is 81.4 Å². The highest BCUT2D eigenvalue weighted by Gasteiger charge is 2.54. The van der Waals surface area contributed by atoms with Gasteiger partial charge in [-0.05, 0) is 35.7 Å². The number of nitrogens with zero attached hydrogens (tertiary/aromatic N) is 2. The van der Waals surface area contributed by atoms with E-state index in [4.69, 9.17) is 0 Å². The van der Waals surface area contributed by atoms with Gasteiger partial charge in [0.2, 0.25) is 10.0 Å². The lowest BCUT2D eigenvalue weighted by molar-refractivity contribution is 0.0558. The Hall–Kier alpha value is -2.27. The van der Waals surface area contributed by atoms with Crippen molar-refractivity contribution in [3.8, 4) is 17.2 Å². The minimum Gasteiger partial charge on any atom is -0.395 e. The van der Waals surface area contributed by atoms with Crippen LogP contribution in [0, 0.1) is 17.1 Å². The molecule has 5 nitrogen and oxygen atoms in total. The summed E-state index contributed by atoms with van der Waals surface area (Å²) < 4.78 is 38.9. The van der Waals surface area contributed by atoms with Crippen LogP contribution in [0.4, 0.5) is 4.39 Å². The maximum absolute atomic E-state index is 13.4. The van der Waals surface area contributed by atoms with Gasteiger partial charge < -0.3 is 5.11 Å². The van der Waals surface area contributed by atoms with E-state index in [1.165, 1.54) is 19.1 Å². The van der Waals surface area contributed by atoms with Gasteiger partial charge in [0.15, 0.2) is 0 Å². The Kier molecular flexibility index (Phi) is 5.10. The first kappa shape index (κ1) is 18.5. The van der Waals surface area contributed by atoms with Gasteiger partial charge in [-0.15, -0.1) is 0 Å². The third kappa shape index (κ3) is 3.12. The van der Waals surface area contributed by atoms with Crippen LogP contribution in [-0.2, 0) is 10.0 Å². The van der Waals surface area contributed by atoms with Gasteiger partial charge in [0.25, 0.3) is 0 Å². The fourth-order valence-electron chi connectivity index (χ4n) is 3.46. The number of aliphatic hydroxyl groups is 1. The van der Waals surface area contributed by atoms with Crippen molar-refractivity contribution in [3.05, 3.63) is 59.9 Å². The average molecular weight is 374 g/mol. The van der Waals surface area contributed by atoms with Gasteiger partial charge in [0.05, 0.1) is 24.5 Å². The molecule has 0 bridgehead atoms. The maximum atomic E-state index is 13.4. The highest BCUT2D eigenvalue weighted by Crippen LogP contribution is 2.42. The summed E-state index contributed by atoms with van der Waals surface area (Å²) in [7, 11) is -3.57. The number of hydrogen-bond donors (Lipinski definition) is 1. The third-order valence-corrected chi connectivity index (χ3v) is 6.68. The van der Waals surface area contributed by atoms with Gasteiger partial charge in [0.1, 0.15) is 11.9 Å². The fourth-order valence-corrected chi connectivity index (χ4v) is 4.89. The largest absolute Gasteiger partial charge is 0.395 e. The quantitative estimate of drug-likeness (QED) is 0.872. The van der Waals surface area contributed by atoms with Crippen LogP contribution in [0.2, 0.25) is 0 Å². The first-order valence-corrected chi connectivity index (χ1v) is 9.91. The Labute approximate surface area is 152 Å². The lowest BCUT2D eigenvalue weighted by atomic mass is 9.78. The normalized spacial score (nSPS) is 23.2. The molecule has 0 aromatic heterocycles. The van der Waals surface area contributed by atoms with E-state index in [-0.39, 0.29) is 18.2 Å². The van der Waals surface area contributed by atoms with Crippen LogP contribution >= 0.6 is 0 Å². The Morgan fingerprint density at radius 2 is 1.88 bits per heavy atom. The number of sulfonamides is 1. The van der Waals surface area contributed by atoms with Crippen LogP contribution in [-0.4, -0.2) is 42.3 Å². The predicted molar refractivity (Wildman–Crippen MR) is 96.2 cm³/mol. The van der Waals surface area contributed by atoms with E-state index < -0.39 is 28.0 Å². The molecular formula is C19H19FN2O3S. The van der Waals surface area contributed by atoms with Gasteiger partial charge in [-0.1, -0.05) is 36.4 Å². The Morgan fingerprint density at radius 1 is 1.19 bits per heavy atom. The van der Waals surface area contributed by atoms with Gasteiger partial charge in [-0.3, -0.25) is 0 Å². The molecule has 0 amide bonds. The molecule has 1 heterocycles. The smallest absolute Gasteiger partial charge is 0.215 e. The zero-order valence-electron chi connectivity index (χ0n) is 14.2. The van der Waals surface area contributed by atoms with Crippen LogP contribution < -0.4 is 0 Å². The molecule has 1 fully saturated rings. The van der Waals surface area contributed by atoms with Crippen LogP contribution in [0.3, 0.4) is 0 Å². The van der Waals surface area contributed by atoms with Crippen LogP contribution in [0.25, 0.3) is 11.1 Å². The van der Waals surface area contributed by atoms with Crippen molar-refractivity contribution in [3.63, 3.8) is 0 Å². The van der Waals surface area contributed by atoms with E-state index in [2.05, 4.69) is 0 Å². The molecule has 1 aliphatic rings. The molecule has 0 unspecified atom stereocenters. The third-order valence-electron chi connectivity index (χ3n) is 4.81. The van der Waals surface area contributed by atoms with E-state index in [0.29, 0.717) is 0 Å². The van der Waals surface area contributed by atoms with Crippen molar-refractivity contribution in [1.82, 2.24) is 4.31 Å². The molecule has 0 aliphatic carbocycles. The van der Waals surface area contributed by atoms with E-state index >= 15 is 0 Å². The lowest BCUT2D eigenvalue weighted by Gasteiger charge is -2.50. The van der Waals surface area contributed by atoms with Gasteiger partial charge >= 0.3 is 0 Å². The zero-order chi connectivity index (χ0) is 18.9. The van der Waals surface area contributed by atoms with E-state index in [1.54, 1.807) is 24.3 Å². The Balaban J connectivity index is 1.90. The highest BCUT2D eigenvalue weighted by molar-refractivity contribution is 7.89. The first-order valence-electron chi connectivity index (χ1n) is 8.30. The zero-order valence-corrected chi connectivity index (χ0v) is 15.0. The fraction of sp³-hybridized carbons (Fsp3) is 0.316.